The Morgan fingerprint density at radius 1 is 0.880 bits per heavy atom. The molecule has 4 heteroatoms. The Morgan fingerprint density at radius 2 is 1.52 bits per heavy atom. The first kappa shape index (κ1) is 18.7. The van der Waals surface area contributed by atoms with Crippen molar-refractivity contribution < 1.29 is 9.59 Å². The number of hydrogen-bond donors (Lipinski definition) is 2. The molecule has 0 radical (unpaired) electrons. The summed E-state index contributed by atoms with van der Waals surface area (Å²) in [4.78, 5) is 23.9. The Hall–Kier alpha value is -2.62. The number of rotatable bonds is 8. The lowest BCUT2D eigenvalue weighted by molar-refractivity contribution is -0.121. The third-order valence-corrected chi connectivity index (χ3v) is 4.06. The maximum atomic E-state index is 12.1. The van der Waals surface area contributed by atoms with Gasteiger partial charge in [-0.15, -0.1) is 0 Å². The first-order chi connectivity index (χ1) is 12.1. The van der Waals surface area contributed by atoms with Gasteiger partial charge in [0.05, 0.1) is 0 Å². The Kier molecular flexibility index (Phi) is 7.20. The molecular weight excluding hydrogens is 312 g/mol. The normalized spacial score (nSPS) is 10.5. The largest absolute Gasteiger partial charge is 0.354 e. The van der Waals surface area contributed by atoms with Gasteiger partial charge in [-0.1, -0.05) is 56.3 Å². The van der Waals surface area contributed by atoms with Crippen LogP contribution in [0.3, 0.4) is 0 Å². The van der Waals surface area contributed by atoms with Gasteiger partial charge in [0.15, 0.2) is 0 Å². The summed E-state index contributed by atoms with van der Waals surface area (Å²) in [7, 11) is 0. The summed E-state index contributed by atoms with van der Waals surface area (Å²) >= 11 is 0. The molecule has 2 rings (SSSR count). The number of hydrogen-bond acceptors (Lipinski definition) is 2. The van der Waals surface area contributed by atoms with Crippen LogP contribution in [0.2, 0.25) is 0 Å². The van der Waals surface area contributed by atoms with Crippen LogP contribution in [0.5, 0.6) is 0 Å². The topological polar surface area (TPSA) is 58.2 Å². The van der Waals surface area contributed by atoms with Crippen LogP contribution in [0.1, 0.15) is 47.7 Å². The van der Waals surface area contributed by atoms with Crippen molar-refractivity contribution >= 4 is 11.8 Å². The second kappa shape index (κ2) is 9.62. The zero-order valence-electron chi connectivity index (χ0n) is 14.9. The molecule has 0 spiro atoms. The molecule has 0 unspecified atom stereocenters. The van der Waals surface area contributed by atoms with Crippen LogP contribution in [-0.2, 0) is 11.2 Å². The molecule has 2 aromatic rings. The lowest BCUT2D eigenvalue weighted by atomic mass is 10.0. The predicted octanol–water partition coefficient (Wildman–Crippen LogP) is 3.29. The molecule has 0 fully saturated rings. The van der Waals surface area contributed by atoms with Crippen LogP contribution in [0.4, 0.5) is 0 Å². The highest BCUT2D eigenvalue weighted by molar-refractivity contribution is 5.94. The molecule has 25 heavy (non-hydrogen) atoms. The summed E-state index contributed by atoms with van der Waals surface area (Å²) in [5, 5.41) is 5.65. The van der Waals surface area contributed by atoms with Crippen LogP contribution in [0, 0.1) is 0 Å². The van der Waals surface area contributed by atoms with E-state index in [0.29, 0.717) is 31.0 Å². The van der Waals surface area contributed by atoms with Crippen molar-refractivity contribution in [1.29, 1.82) is 0 Å². The molecule has 2 amide bonds. The van der Waals surface area contributed by atoms with E-state index < -0.39 is 0 Å². The van der Waals surface area contributed by atoms with Gasteiger partial charge in [0.2, 0.25) is 5.91 Å². The molecule has 0 saturated carbocycles. The van der Waals surface area contributed by atoms with Crippen LogP contribution in [0.25, 0.3) is 0 Å². The Labute approximate surface area is 149 Å². The van der Waals surface area contributed by atoms with E-state index in [2.05, 4.69) is 24.5 Å². The Balaban J connectivity index is 1.64. The molecule has 2 aromatic carbocycles. The van der Waals surface area contributed by atoms with Crippen molar-refractivity contribution in [2.45, 2.75) is 32.6 Å². The van der Waals surface area contributed by atoms with E-state index in [1.807, 2.05) is 54.6 Å². The molecule has 4 nitrogen and oxygen atoms in total. The third kappa shape index (κ3) is 6.42. The Morgan fingerprint density at radius 3 is 2.16 bits per heavy atom. The van der Waals surface area contributed by atoms with Gasteiger partial charge >= 0.3 is 0 Å². The molecule has 0 aliphatic carbocycles. The van der Waals surface area contributed by atoms with Gasteiger partial charge < -0.3 is 10.6 Å². The summed E-state index contributed by atoms with van der Waals surface area (Å²) in [6, 6.07) is 17.5. The minimum Gasteiger partial charge on any atom is -0.354 e. The van der Waals surface area contributed by atoms with Gasteiger partial charge in [0.25, 0.3) is 5.91 Å². The fourth-order valence-electron chi connectivity index (χ4n) is 2.49. The highest BCUT2D eigenvalue weighted by atomic mass is 16.2. The van der Waals surface area contributed by atoms with Gasteiger partial charge in [0.1, 0.15) is 0 Å². The molecule has 0 aromatic heterocycles. The molecule has 0 bridgehead atoms. The van der Waals surface area contributed by atoms with Gasteiger partial charge in [-0.3, -0.25) is 9.59 Å². The van der Waals surface area contributed by atoms with Crippen molar-refractivity contribution in [3.8, 4) is 0 Å². The quantitative estimate of drug-likeness (QED) is 0.726. The first-order valence-electron chi connectivity index (χ1n) is 8.75. The molecular formula is C21H26N2O2. The van der Waals surface area contributed by atoms with Crippen molar-refractivity contribution in [3.63, 3.8) is 0 Å². The van der Waals surface area contributed by atoms with Crippen LogP contribution in [0.15, 0.2) is 54.6 Å². The van der Waals surface area contributed by atoms with Crippen molar-refractivity contribution in [2.24, 2.45) is 0 Å². The van der Waals surface area contributed by atoms with E-state index in [1.165, 1.54) is 5.56 Å². The van der Waals surface area contributed by atoms with Crippen molar-refractivity contribution in [3.05, 3.63) is 71.3 Å². The van der Waals surface area contributed by atoms with E-state index in [0.717, 1.165) is 12.0 Å². The minimum atomic E-state index is -0.117. The van der Waals surface area contributed by atoms with E-state index in [-0.39, 0.29) is 11.8 Å². The summed E-state index contributed by atoms with van der Waals surface area (Å²) in [6.07, 6.45) is 1.18. The zero-order valence-corrected chi connectivity index (χ0v) is 14.9. The highest BCUT2D eigenvalue weighted by Crippen LogP contribution is 2.14. The summed E-state index contributed by atoms with van der Waals surface area (Å²) in [5.41, 5.74) is 3.00. The van der Waals surface area contributed by atoms with E-state index in [4.69, 9.17) is 0 Å². The molecule has 0 atom stereocenters. The number of aryl methyl sites for hydroxylation is 1. The molecule has 0 aliphatic heterocycles. The average molecular weight is 338 g/mol. The van der Waals surface area contributed by atoms with Crippen LogP contribution in [-0.4, -0.2) is 24.9 Å². The minimum absolute atomic E-state index is 0.000566. The second-order valence-corrected chi connectivity index (χ2v) is 6.37. The first-order valence-corrected chi connectivity index (χ1v) is 8.75. The molecule has 2 N–H and O–H groups in total. The maximum absolute atomic E-state index is 12.1. The van der Waals surface area contributed by atoms with Crippen molar-refractivity contribution in [2.75, 3.05) is 13.1 Å². The molecule has 0 saturated heterocycles. The standard InChI is InChI=1S/C21H26N2O2/c1-16(2)18-9-11-19(12-10-18)21(25)23-15-14-22-20(24)13-8-17-6-4-3-5-7-17/h3-7,9-12,16H,8,13-15H2,1-2H3,(H,22,24)(H,23,25). The van der Waals surface area contributed by atoms with Gasteiger partial charge in [-0.05, 0) is 35.6 Å². The SMILES string of the molecule is CC(C)c1ccc(C(=O)NCCNC(=O)CCc2ccccc2)cc1. The van der Waals surface area contributed by atoms with E-state index in [1.54, 1.807) is 0 Å². The number of amides is 2. The third-order valence-electron chi connectivity index (χ3n) is 4.06. The molecule has 0 aliphatic rings. The van der Waals surface area contributed by atoms with Gasteiger partial charge in [0, 0.05) is 25.1 Å². The predicted molar refractivity (Wildman–Crippen MR) is 101 cm³/mol. The lowest BCUT2D eigenvalue weighted by Crippen LogP contribution is -2.34. The average Bonchev–Trinajstić information content (AvgIpc) is 2.64. The summed E-state index contributed by atoms with van der Waals surface area (Å²) in [5.74, 6) is 0.330. The van der Waals surface area contributed by atoms with E-state index >= 15 is 0 Å². The Bertz CT molecular complexity index is 679. The van der Waals surface area contributed by atoms with Gasteiger partial charge in [-0.2, -0.15) is 0 Å². The molecule has 132 valence electrons. The monoisotopic (exact) mass is 338 g/mol. The smallest absolute Gasteiger partial charge is 0.251 e. The molecule has 0 heterocycles. The number of benzene rings is 2. The number of carbonyl (C=O) groups excluding carboxylic acids is 2. The van der Waals surface area contributed by atoms with Crippen LogP contribution < -0.4 is 10.6 Å². The summed E-state index contributed by atoms with van der Waals surface area (Å²) in [6.45, 7) is 5.09. The lowest BCUT2D eigenvalue weighted by Gasteiger charge is -2.09. The number of nitrogens with one attached hydrogen (secondary N) is 2. The highest BCUT2D eigenvalue weighted by Gasteiger charge is 2.06. The van der Waals surface area contributed by atoms with E-state index in [9.17, 15) is 9.59 Å². The fraction of sp³-hybridized carbons (Fsp3) is 0.333. The fourth-order valence-corrected chi connectivity index (χ4v) is 2.49. The van der Waals surface area contributed by atoms with Crippen LogP contribution >= 0.6 is 0 Å². The number of carbonyl (C=O) groups is 2. The van der Waals surface area contributed by atoms with Gasteiger partial charge in [-0.25, -0.2) is 0 Å². The maximum Gasteiger partial charge on any atom is 0.251 e. The summed E-state index contributed by atoms with van der Waals surface area (Å²) < 4.78 is 0. The zero-order chi connectivity index (χ0) is 18.1. The van der Waals surface area contributed by atoms with Crippen molar-refractivity contribution in [1.82, 2.24) is 10.6 Å². The second-order valence-electron chi connectivity index (χ2n) is 6.37.